The molecule has 0 aliphatic carbocycles. The van der Waals surface area contributed by atoms with Crippen LogP contribution < -0.4 is 10.1 Å². The molecule has 0 amide bonds. The van der Waals surface area contributed by atoms with Gasteiger partial charge in [-0.3, -0.25) is 0 Å². The first-order valence-electron chi connectivity index (χ1n) is 5.94. The van der Waals surface area contributed by atoms with Crippen LogP contribution >= 0.6 is 0 Å². The van der Waals surface area contributed by atoms with Gasteiger partial charge in [-0.15, -0.1) is 0 Å². The summed E-state index contributed by atoms with van der Waals surface area (Å²) in [5, 5.41) is 3.39. The van der Waals surface area contributed by atoms with E-state index in [2.05, 4.69) is 11.4 Å². The van der Waals surface area contributed by atoms with Crippen LogP contribution in [0.2, 0.25) is 0 Å². The average Bonchev–Trinajstić information content (AvgIpc) is 2.82. The summed E-state index contributed by atoms with van der Waals surface area (Å²) in [4.78, 5) is 0. The lowest BCUT2D eigenvalue weighted by Gasteiger charge is -2.13. The second-order valence-electron chi connectivity index (χ2n) is 4.40. The van der Waals surface area contributed by atoms with E-state index in [0.29, 0.717) is 0 Å². The van der Waals surface area contributed by atoms with E-state index in [1.54, 1.807) is 19.2 Å². The van der Waals surface area contributed by atoms with Crippen molar-refractivity contribution in [3.8, 4) is 5.75 Å². The maximum absolute atomic E-state index is 13.3. The van der Waals surface area contributed by atoms with Gasteiger partial charge in [0.15, 0.2) is 0 Å². The van der Waals surface area contributed by atoms with E-state index in [-0.39, 0.29) is 11.9 Å². The molecular weight excluding hydrogens is 229 g/mol. The molecule has 0 aromatic heterocycles. The largest absolute Gasteiger partial charge is 0.496 e. The minimum atomic E-state index is -0.203. The van der Waals surface area contributed by atoms with Gasteiger partial charge in [0.05, 0.1) is 13.2 Å². The second kappa shape index (κ2) is 4.42. The number of hydrogen-bond donors (Lipinski definition) is 1. The Balaban J connectivity index is 2.05. The highest BCUT2D eigenvalue weighted by atomic mass is 19.1. The van der Waals surface area contributed by atoms with Crippen LogP contribution in [-0.4, -0.2) is 7.11 Å². The number of benzene rings is 2. The monoisotopic (exact) mass is 243 g/mol. The summed E-state index contributed by atoms with van der Waals surface area (Å²) in [5.41, 5.74) is 3.27. The molecule has 3 rings (SSSR count). The molecule has 0 saturated carbocycles. The molecule has 2 aromatic carbocycles. The Bertz CT molecular complexity index is 582. The quantitative estimate of drug-likeness (QED) is 0.875. The van der Waals surface area contributed by atoms with Gasteiger partial charge >= 0.3 is 0 Å². The van der Waals surface area contributed by atoms with Crippen LogP contribution in [0.1, 0.15) is 22.7 Å². The van der Waals surface area contributed by atoms with E-state index in [1.807, 2.05) is 18.2 Å². The van der Waals surface area contributed by atoms with Gasteiger partial charge in [0.2, 0.25) is 0 Å². The summed E-state index contributed by atoms with van der Waals surface area (Å²) in [6.45, 7) is 0.751. The minimum Gasteiger partial charge on any atom is -0.496 e. The van der Waals surface area contributed by atoms with Crippen molar-refractivity contribution >= 4 is 0 Å². The summed E-state index contributed by atoms with van der Waals surface area (Å²) in [6, 6.07) is 12.8. The first kappa shape index (κ1) is 11.2. The van der Waals surface area contributed by atoms with Gasteiger partial charge in [0, 0.05) is 12.1 Å². The average molecular weight is 243 g/mol. The Morgan fingerprint density at radius 2 is 2.06 bits per heavy atom. The molecule has 0 fully saturated rings. The van der Waals surface area contributed by atoms with E-state index in [0.717, 1.165) is 23.4 Å². The Kier molecular flexibility index (Phi) is 2.76. The highest BCUT2D eigenvalue weighted by Gasteiger charge is 2.25. The summed E-state index contributed by atoms with van der Waals surface area (Å²) in [5.74, 6) is 0.685. The van der Waals surface area contributed by atoms with Crippen LogP contribution in [0.25, 0.3) is 0 Å². The lowest BCUT2D eigenvalue weighted by atomic mass is 9.98. The van der Waals surface area contributed by atoms with Gasteiger partial charge in [-0.25, -0.2) is 4.39 Å². The first-order chi connectivity index (χ1) is 8.79. The van der Waals surface area contributed by atoms with Crippen LogP contribution in [0.5, 0.6) is 5.75 Å². The highest BCUT2D eigenvalue weighted by molar-refractivity contribution is 5.48. The molecule has 0 radical (unpaired) electrons. The fourth-order valence-corrected chi connectivity index (χ4v) is 2.53. The third-order valence-electron chi connectivity index (χ3n) is 3.37. The van der Waals surface area contributed by atoms with E-state index in [4.69, 9.17) is 4.74 Å². The van der Waals surface area contributed by atoms with Gasteiger partial charge in [-0.1, -0.05) is 24.3 Å². The number of methoxy groups -OCH3 is 1. The van der Waals surface area contributed by atoms with Crippen LogP contribution in [0.4, 0.5) is 4.39 Å². The molecule has 1 aliphatic rings. The second-order valence-corrected chi connectivity index (χ2v) is 4.40. The topological polar surface area (TPSA) is 21.3 Å². The van der Waals surface area contributed by atoms with Gasteiger partial charge in [0.1, 0.15) is 11.6 Å². The molecule has 2 aromatic rings. The van der Waals surface area contributed by atoms with Crippen LogP contribution in [-0.2, 0) is 6.54 Å². The van der Waals surface area contributed by atoms with Crippen molar-refractivity contribution in [2.75, 3.05) is 7.11 Å². The Labute approximate surface area is 105 Å². The molecule has 0 spiro atoms. The zero-order chi connectivity index (χ0) is 12.5. The molecule has 1 N–H and O–H groups in total. The third-order valence-corrected chi connectivity index (χ3v) is 3.37. The summed E-state index contributed by atoms with van der Waals surface area (Å²) >= 11 is 0. The van der Waals surface area contributed by atoms with Gasteiger partial charge in [-0.2, -0.15) is 0 Å². The summed E-state index contributed by atoms with van der Waals surface area (Å²) in [6.07, 6.45) is 0. The molecule has 0 bridgehead atoms. The smallest absolute Gasteiger partial charge is 0.123 e. The van der Waals surface area contributed by atoms with Crippen LogP contribution in [0.15, 0.2) is 42.5 Å². The highest BCUT2D eigenvalue weighted by Crippen LogP contribution is 2.35. The SMILES string of the molecule is COc1cccc2c1CNC2c1cccc(F)c1. The van der Waals surface area contributed by atoms with Crippen molar-refractivity contribution in [1.29, 1.82) is 0 Å². The number of halogens is 1. The van der Waals surface area contributed by atoms with Crippen molar-refractivity contribution in [3.05, 3.63) is 65.0 Å². The first-order valence-corrected chi connectivity index (χ1v) is 5.94. The molecule has 1 unspecified atom stereocenters. The molecule has 92 valence electrons. The van der Waals surface area contributed by atoms with E-state index >= 15 is 0 Å². The third kappa shape index (κ3) is 1.77. The Morgan fingerprint density at radius 1 is 1.22 bits per heavy atom. The Hall–Kier alpha value is -1.87. The van der Waals surface area contributed by atoms with Crippen molar-refractivity contribution in [1.82, 2.24) is 5.32 Å². The fourth-order valence-electron chi connectivity index (χ4n) is 2.53. The molecule has 2 nitrogen and oxygen atoms in total. The number of fused-ring (bicyclic) bond motifs is 1. The normalized spacial score (nSPS) is 17.6. The number of hydrogen-bond acceptors (Lipinski definition) is 2. The van der Waals surface area contributed by atoms with Crippen molar-refractivity contribution in [2.45, 2.75) is 12.6 Å². The van der Waals surface area contributed by atoms with Crippen molar-refractivity contribution in [3.63, 3.8) is 0 Å². The molecule has 1 aliphatic heterocycles. The van der Waals surface area contributed by atoms with Gasteiger partial charge in [-0.05, 0) is 29.3 Å². The molecule has 18 heavy (non-hydrogen) atoms. The lowest BCUT2D eigenvalue weighted by Crippen LogP contribution is -2.13. The molecule has 0 saturated heterocycles. The predicted octanol–water partition coefficient (Wildman–Crippen LogP) is 3.03. The van der Waals surface area contributed by atoms with Gasteiger partial charge in [0.25, 0.3) is 0 Å². The van der Waals surface area contributed by atoms with Crippen molar-refractivity contribution in [2.24, 2.45) is 0 Å². The summed E-state index contributed by atoms with van der Waals surface area (Å²) < 4.78 is 18.6. The standard InChI is InChI=1S/C15H14FNO/c1-18-14-7-3-6-12-13(14)9-17-15(12)10-4-2-5-11(16)8-10/h2-8,15,17H,9H2,1H3. The lowest BCUT2D eigenvalue weighted by molar-refractivity contribution is 0.410. The van der Waals surface area contributed by atoms with Gasteiger partial charge < -0.3 is 10.1 Å². The van der Waals surface area contributed by atoms with Crippen molar-refractivity contribution < 1.29 is 9.13 Å². The summed E-state index contributed by atoms with van der Waals surface area (Å²) in [7, 11) is 1.67. The molecule has 3 heteroatoms. The van der Waals surface area contributed by atoms with Crippen LogP contribution in [0.3, 0.4) is 0 Å². The number of ether oxygens (including phenoxy) is 1. The van der Waals surface area contributed by atoms with E-state index in [9.17, 15) is 4.39 Å². The fraction of sp³-hybridized carbons (Fsp3) is 0.200. The van der Waals surface area contributed by atoms with Crippen LogP contribution in [0, 0.1) is 5.82 Å². The maximum Gasteiger partial charge on any atom is 0.123 e. The molecule has 1 atom stereocenters. The minimum absolute atomic E-state index is 0.0470. The zero-order valence-corrected chi connectivity index (χ0v) is 10.1. The van der Waals surface area contributed by atoms with E-state index in [1.165, 1.54) is 11.6 Å². The predicted molar refractivity (Wildman–Crippen MR) is 68.1 cm³/mol. The molecular formula is C15H14FNO. The number of nitrogens with one attached hydrogen (secondary N) is 1. The molecule has 1 heterocycles. The maximum atomic E-state index is 13.3. The number of rotatable bonds is 2. The van der Waals surface area contributed by atoms with E-state index < -0.39 is 0 Å². The Morgan fingerprint density at radius 3 is 2.83 bits per heavy atom. The zero-order valence-electron chi connectivity index (χ0n) is 10.1.